The number of halogens is 2. The van der Waals surface area contributed by atoms with Gasteiger partial charge in [0, 0.05) is 35.9 Å². The molecule has 21 heavy (non-hydrogen) atoms. The molecule has 2 aromatic rings. The second kappa shape index (κ2) is 7.17. The third kappa shape index (κ3) is 4.13. The van der Waals surface area contributed by atoms with Crippen molar-refractivity contribution in [2.75, 3.05) is 26.0 Å². The van der Waals surface area contributed by atoms with Crippen molar-refractivity contribution in [3.8, 4) is 0 Å². The van der Waals surface area contributed by atoms with Gasteiger partial charge in [-0.3, -0.25) is 0 Å². The molecule has 0 aromatic heterocycles. The fraction of sp³-hybridized carbons (Fsp3) is 0.294. The second-order valence-corrected chi connectivity index (χ2v) is 6.11. The van der Waals surface area contributed by atoms with Crippen LogP contribution in [-0.4, -0.2) is 21.1 Å². The normalized spacial score (nSPS) is 12.2. The van der Waals surface area contributed by atoms with E-state index in [-0.39, 0.29) is 6.04 Å². The molecule has 0 heterocycles. The van der Waals surface area contributed by atoms with Crippen LogP contribution in [0.2, 0.25) is 10.0 Å². The summed E-state index contributed by atoms with van der Waals surface area (Å²) in [5.41, 5.74) is 3.48. The molecule has 1 N–H and O–H groups in total. The van der Waals surface area contributed by atoms with Gasteiger partial charge in [0.05, 0.1) is 0 Å². The zero-order valence-corrected chi connectivity index (χ0v) is 14.0. The minimum atomic E-state index is 0.195. The van der Waals surface area contributed by atoms with Gasteiger partial charge in [0.25, 0.3) is 0 Å². The Bertz CT molecular complexity index is 611. The van der Waals surface area contributed by atoms with E-state index < -0.39 is 0 Å². The van der Waals surface area contributed by atoms with Crippen LogP contribution in [0.15, 0.2) is 42.5 Å². The molecule has 112 valence electrons. The first-order valence-corrected chi connectivity index (χ1v) is 7.65. The van der Waals surface area contributed by atoms with Crippen LogP contribution in [0, 0.1) is 0 Å². The summed E-state index contributed by atoms with van der Waals surface area (Å²) >= 11 is 12.3. The number of anilines is 1. The monoisotopic (exact) mass is 322 g/mol. The van der Waals surface area contributed by atoms with Crippen LogP contribution in [0.5, 0.6) is 0 Å². The Balaban J connectivity index is 2.27. The summed E-state index contributed by atoms with van der Waals surface area (Å²) < 4.78 is 0. The molecule has 0 bridgehead atoms. The van der Waals surface area contributed by atoms with E-state index in [1.165, 1.54) is 11.3 Å². The van der Waals surface area contributed by atoms with Crippen molar-refractivity contribution in [2.24, 2.45) is 0 Å². The second-order valence-electron chi connectivity index (χ2n) is 5.27. The van der Waals surface area contributed by atoms with Crippen LogP contribution in [0.1, 0.15) is 17.2 Å². The largest absolute Gasteiger partial charge is 0.378 e. The van der Waals surface area contributed by atoms with Crippen molar-refractivity contribution in [2.45, 2.75) is 12.5 Å². The Kier molecular flexibility index (Phi) is 5.51. The Morgan fingerprint density at radius 3 is 2.52 bits per heavy atom. The molecule has 0 aliphatic rings. The van der Waals surface area contributed by atoms with Gasteiger partial charge in [-0.1, -0.05) is 35.3 Å². The lowest BCUT2D eigenvalue weighted by molar-refractivity contribution is 0.592. The maximum absolute atomic E-state index is 6.27. The quantitative estimate of drug-likeness (QED) is 0.867. The zero-order valence-electron chi connectivity index (χ0n) is 12.5. The van der Waals surface area contributed by atoms with Gasteiger partial charge in [-0.2, -0.15) is 0 Å². The van der Waals surface area contributed by atoms with E-state index in [1.54, 1.807) is 0 Å². The fourth-order valence-corrected chi connectivity index (χ4v) is 2.72. The first kappa shape index (κ1) is 16.2. The summed E-state index contributed by atoms with van der Waals surface area (Å²) in [6.07, 6.45) is 0.798. The van der Waals surface area contributed by atoms with Crippen LogP contribution in [0.3, 0.4) is 0 Å². The number of hydrogen-bond donors (Lipinski definition) is 1. The lowest BCUT2D eigenvalue weighted by Gasteiger charge is -2.20. The molecular weight excluding hydrogens is 303 g/mol. The molecule has 0 spiro atoms. The van der Waals surface area contributed by atoms with Crippen LogP contribution in [0.4, 0.5) is 5.69 Å². The highest BCUT2D eigenvalue weighted by Crippen LogP contribution is 2.27. The number of nitrogens with zero attached hydrogens (tertiary/aromatic N) is 1. The minimum absolute atomic E-state index is 0.195. The van der Waals surface area contributed by atoms with E-state index in [0.29, 0.717) is 5.02 Å². The van der Waals surface area contributed by atoms with Gasteiger partial charge in [-0.25, -0.2) is 0 Å². The highest BCUT2D eigenvalue weighted by molar-refractivity contribution is 6.33. The standard InChI is InChI=1S/C17H20Cl2N2/c1-20-17(11-13-9-14(18)7-8-16(13)19)12-5-4-6-15(10-12)21(2)3/h4-10,17,20H,11H2,1-3H3. The topological polar surface area (TPSA) is 15.3 Å². The SMILES string of the molecule is CNC(Cc1cc(Cl)ccc1Cl)c1cccc(N(C)C)c1. The first-order valence-electron chi connectivity index (χ1n) is 6.89. The van der Waals surface area contributed by atoms with Crippen LogP contribution < -0.4 is 10.2 Å². The average Bonchev–Trinajstić information content (AvgIpc) is 2.48. The zero-order chi connectivity index (χ0) is 15.4. The molecule has 0 radical (unpaired) electrons. The van der Waals surface area contributed by atoms with Crippen molar-refractivity contribution >= 4 is 28.9 Å². The molecule has 0 aliphatic carbocycles. The van der Waals surface area contributed by atoms with Gasteiger partial charge in [-0.15, -0.1) is 0 Å². The summed E-state index contributed by atoms with van der Waals surface area (Å²) in [4.78, 5) is 2.10. The summed E-state index contributed by atoms with van der Waals surface area (Å²) in [5.74, 6) is 0. The smallest absolute Gasteiger partial charge is 0.0439 e. The molecule has 4 heteroatoms. The predicted molar refractivity (Wildman–Crippen MR) is 92.7 cm³/mol. The first-order chi connectivity index (χ1) is 10.0. The van der Waals surface area contributed by atoms with Crippen molar-refractivity contribution in [3.63, 3.8) is 0 Å². The number of hydrogen-bond acceptors (Lipinski definition) is 2. The molecule has 2 nitrogen and oxygen atoms in total. The maximum Gasteiger partial charge on any atom is 0.0439 e. The molecule has 2 rings (SSSR count). The molecule has 2 aromatic carbocycles. The molecule has 1 unspecified atom stereocenters. The van der Waals surface area contributed by atoms with Crippen LogP contribution in [0.25, 0.3) is 0 Å². The van der Waals surface area contributed by atoms with Crippen molar-refractivity contribution in [1.29, 1.82) is 0 Å². The van der Waals surface area contributed by atoms with Crippen LogP contribution >= 0.6 is 23.2 Å². The molecule has 0 saturated heterocycles. The Morgan fingerprint density at radius 2 is 1.86 bits per heavy atom. The minimum Gasteiger partial charge on any atom is -0.378 e. The molecule has 0 amide bonds. The molecule has 0 aliphatic heterocycles. The number of nitrogens with one attached hydrogen (secondary N) is 1. The summed E-state index contributed by atoms with van der Waals surface area (Å²) in [7, 11) is 6.05. The van der Waals surface area contributed by atoms with Gasteiger partial charge in [-0.05, 0) is 54.9 Å². The van der Waals surface area contributed by atoms with E-state index in [1.807, 2.05) is 39.3 Å². The highest BCUT2D eigenvalue weighted by Gasteiger charge is 2.13. The lowest BCUT2D eigenvalue weighted by atomic mass is 9.98. The fourth-order valence-electron chi connectivity index (χ4n) is 2.33. The van der Waals surface area contributed by atoms with Crippen LogP contribution in [-0.2, 0) is 6.42 Å². The van der Waals surface area contributed by atoms with E-state index in [4.69, 9.17) is 23.2 Å². The Morgan fingerprint density at radius 1 is 1.10 bits per heavy atom. The Hall–Kier alpha value is -1.22. The average molecular weight is 323 g/mol. The molecular formula is C17H20Cl2N2. The number of likely N-dealkylation sites (N-methyl/N-ethyl adjacent to an activating group) is 1. The molecule has 0 fully saturated rings. The summed E-state index contributed by atoms with van der Waals surface area (Å²) in [6, 6.07) is 14.3. The summed E-state index contributed by atoms with van der Waals surface area (Å²) in [6.45, 7) is 0. The van der Waals surface area contributed by atoms with Gasteiger partial charge >= 0.3 is 0 Å². The van der Waals surface area contributed by atoms with E-state index in [0.717, 1.165) is 17.0 Å². The highest BCUT2D eigenvalue weighted by atomic mass is 35.5. The van der Waals surface area contributed by atoms with Gasteiger partial charge in [0.1, 0.15) is 0 Å². The van der Waals surface area contributed by atoms with Crippen molar-refractivity contribution in [1.82, 2.24) is 5.32 Å². The van der Waals surface area contributed by atoms with E-state index in [2.05, 4.69) is 34.5 Å². The number of benzene rings is 2. The Labute approximate surface area is 136 Å². The third-order valence-electron chi connectivity index (χ3n) is 3.57. The van der Waals surface area contributed by atoms with Gasteiger partial charge < -0.3 is 10.2 Å². The third-order valence-corrected chi connectivity index (χ3v) is 4.17. The van der Waals surface area contributed by atoms with Crippen molar-refractivity contribution in [3.05, 3.63) is 63.6 Å². The predicted octanol–water partition coefficient (Wildman–Crippen LogP) is 4.56. The molecule has 0 saturated carbocycles. The van der Waals surface area contributed by atoms with Gasteiger partial charge in [0.2, 0.25) is 0 Å². The molecule has 1 atom stereocenters. The van der Waals surface area contributed by atoms with Gasteiger partial charge in [0.15, 0.2) is 0 Å². The summed E-state index contributed by atoms with van der Waals surface area (Å²) in [5, 5.41) is 4.83. The lowest BCUT2D eigenvalue weighted by Crippen LogP contribution is -2.19. The van der Waals surface area contributed by atoms with E-state index >= 15 is 0 Å². The number of rotatable bonds is 5. The van der Waals surface area contributed by atoms with Crippen molar-refractivity contribution < 1.29 is 0 Å². The van der Waals surface area contributed by atoms with E-state index in [9.17, 15) is 0 Å². The maximum atomic E-state index is 6.27.